The van der Waals surface area contributed by atoms with E-state index in [0.29, 0.717) is 23.0 Å². The highest BCUT2D eigenvalue weighted by atomic mass is 35.5. The lowest BCUT2D eigenvalue weighted by Crippen LogP contribution is -2.23. The number of thiazole rings is 1. The van der Waals surface area contributed by atoms with E-state index in [1.165, 1.54) is 11.3 Å². The second-order valence-electron chi connectivity index (χ2n) is 7.61. The Kier molecular flexibility index (Phi) is 5.29. The third-order valence-corrected chi connectivity index (χ3v) is 6.60. The molecule has 6 nitrogen and oxygen atoms in total. The van der Waals surface area contributed by atoms with Crippen LogP contribution in [0.3, 0.4) is 0 Å². The van der Waals surface area contributed by atoms with Gasteiger partial charge in [0, 0.05) is 34.3 Å². The van der Waals surface area contributed by atoms with Crippen LogP contribution in [0, 0.1) is 6.92 Å². The fourth-order valence-electron chi connectivity index (χ4n) is 3.50. The Labute approximate surface area is 188 Å². The summed E-state index contributed by atoms with van der Waals surface area (Å²) in [4.78, 5) is 21.7. The summed E-state index contributed by atoms with van der Waals surface area (Å²) in [5.74, 6) is 0.216. The summed E-state index contributed by atoms with van der Waals surface area (Å²) in [6.07, 6.45) is 7.27. The van der Waals surface area contributed by atoms with Gasteiger partial charge in [0.2, 0.25) is 0 Å². The third kappa shape index (κ3) is 4.11. The zero-order chi connectivity index (χ0) is 21.4. The highest BCUT2D eigenvalue weighted by Gasteiger charge is 2.33. The summed E-state index contributed by atoms with van der Waals surface area (Å²) in [5, 5.41) is 11.1. The SMILES string of the molecule is Cc1ccc(-n2ncc(C(=O)NCc3nc(-c4ccncc4)cs3)c2C2CC2)cc1Cl. The topological polar surface area (TPSA) is 72.7 Å². The largest absolute Gasteiger partial charge is 0.345 e. The van der Waals surface area contributed by atoms with Crippen molar-refractivity contribution in [3.05, 3.63) is 81.2 Å². The summed E-state index contributed by atoms with van der Waals surface area (Å²) in [6, 6.07) is 9.69. The van der Waals surface area contributed by atoms with Crippen molar-refractivity contribution in [2.45, 2.75) is 32.2 Å². The van der Waals surface area contributed by atoms with Crippen molar-refractivity contribution < 1.29 is 4.79 Å². The molecule has 0 bridgehead atoms. The van der Waals surface area contributed by atoms with E-state index in [0.717, 1.165) is 46.1 Å². The molecule has 31 heavy (non-hydrogen) atoms. The molecule has 0 spiro atoms. The van der Waals surface area contributed by atoms with Crippen LogP contribution in [0.25, 0.3) is 16.9 Å². The van der Waals surface area contributed by atoms with Gasteiger partial charge in [0.05, 0.1) is 35.4 Å². The van der Waals surface area contributed by atoms with Crippen molar-refractivity contribution in [2.24, 2.45) is 0 Å². The van der Waals surface area contributed by atoms with E-state index in [-0.39, 0.29) is 5.91 Å². The van der Waals surface area contributed by atoms with Crippen molar-refractivity contribution in [3.8, 4) is 16.9 Å². The van der Waals surface area contributed by atoms with Crippen LogP contribution >= 0.6 is 22.9 Å². The Morgan fingerprint density at radius 3 is 2.81 bits per heavy atom. The van der Waals surface area contributed by atoms with E-state index in [4.69, 9.17) is 11.6 Å². The van der Waals surface area contributed by atoms with Gasteiger partial charge in [-0.3, -0.25) is 9.78 Å². The Bertz CT molecular complexity index is 1250. The van der Waals surface area contributed by atoms with Crippen LogP contribution in [-0.2, 0) is 6.54 Å². The molecule has 3 heterocycles. The maximum Gasteiger partial charge on any atom is 0.255 e. The molecule has 0 atom stereocenters. The average Bonchev–Trinajstić information content (AvgIpc) is 3.34. The lowest BCUT2D eigenvalue weighted by Gasteiger charge is -2.10. The predicted octanol–water partition coefficient (Wildman–Crippen LogP) is 5.16. The van der Waals surface area contributed by atoms with Crippen molar-refractivity contribution in [1.29, 1.82) is 0 Å². The second kappa shape index (κ2) is 8.24. The van der Waals surface area contributed by atoms with Crippen molar-refractivity contribution in [1.82, 2.24) is 25.1 Å². The maximum atomic E-state index is 13.0. The average molecular weight is 450 g/mol. The molecule has 1 saturated carbocycles. The molecule has 0 unspecified atom stereocenters. The van der Waals surface area contributed by atoms with Crippen LogP contribution in [0.2, 0.25) is 5.02 Å². The number of hydrogen-bond donors (Lipinski definition) is 1. The molecule has 1 aliphatic carbocycles. The van der Waals surface area contributed by atoms with Crippen molar-refractivity contribution >= 4 is 28.8 Å². The van der Waals surface area contributed by atoms with Crippen molar-refractivity contribution in [3.63, 3.8) is 0 Å². The molecule has 3 aromatic heterocycles. The number of aryl methyl sites for hydroxylation is 1. The first-order valence-electron chi connectivity index (χ1n) is 10.1. The van der Waals surface area contributed by atoms with Gasteiger partial charge in [0.15, 0.2) is 0 Å². The number of halogens is 1. The first-order chi connectivity index (χ1) is 15.1. The molecule has 1 amide bonds. The quantitative estimate of drug-likeness (QED) is 0.441. The van der Waals surface area contributed by atoms with Crippen molar-refractivity contribution in [2.75, 3.05) is 0 Å². The van der Waals surface area contributed by atoms with Crippen LogP contribution in [0.5, 0.6) is 0 Å². The van der Waals surface area contributed by atoms with E-state index in [1.807, 2.05) is 47.3 Å². The molecule has 1 N–H and O–H groups in total. The molecule has 0 aliphatic heterocycles. The lowest BCUT2D eigenvalue weighted by molar-refractivity contribution is 0.0950. The van der Waals surface area contributed by atoms with Gasteiger partial charge in [0.1, 0.15) is 5.01 Å². The normalized spacial score (nSPS) is 13.4. The number of carbonyl (C=O) groups is 1. The Balaban J connectivity index is 1.35. The van der Waals surface area contributed by atoms with Gasteiger partial charge >= 0.3 is 0 Å². The first-order valence-corrected chi connectivity index (χ1v) is 11.3. The highest BCUT2D eigenvalue weighted by molar-refractivity contribution is 7.09. The molecule has 1 fully saturated rings. The van der Waals surface area contributed by atoms with Crippen LogP contribution in [0.1, 0.15) is 45.4 Å². The van der Waals surface area contributed by atoms with Gasteiger partial charge in [0.25, 0.3) is 5.91 Å². The smallest absolute Gasteiger partial charge is 0.255 e. The van der Waals surface area contributed by atoms with E-state index in [9.17, 15) is 4.79 Å². The van der Waals surface area contributed by atoms with E-state index in [1.54, 1.807) is 18.6 Å². The fourth-order valence-corrected chi connectivity index (χ4v) is 4.42. The Morgan fingerprint density at radius 2 is 2.06 bits per heavy atom. The second-order valence-corrected chi connectivity index (χ2v) is 8.96. The van der Waals surface area contributed by atoms with Gasteiger partial charge < -0.3 is 5.32 Å². The number of hydrogen-bond acceptors (Lipinski definition) is 5. The molecule has 1 aromatic carbocycles. The van der Waals surface area contributed by atoms with Gasteiger partial charge in [-0.1, -0.05) is 17.7 Å². The Morgan fingerprint density at radius 1 is 1.26 bits per heavy atom. The van der Waals surface area contributed by atoms with Gasteiger partial charge in [-0.05, 0) is 49.6 Å². The molecule has 8 heteroatoms. The lowest BCUT2D eigenvalue weighted by atomic mass is 10.1. The number of nitrogens with zero attached hydrogens (tertiary/aromatic N) is 4. The number of pyridine rings is 1. The molecular formula is C23H20ClN5OS. The third-order valence-electron chi connectivity index (χ3n) is 5.34. The van der Waals surface area contributed by atoms with Crippen LogP contribution < -0.4 is 5.32 Å². The fraction of sp³-hybridized carbons (Fsp3) is 0.217. The summed E-state index contributed by atoms with van der Waals surface area (Å²) in [6.45, 7) is 2.34. The van der Waals surface area contributed by atoms with Crippen LogP contribution in [0.4, 0.5) is 0 Å². The number of nitrogens with one attached hydrogen (secondary N) is 1. The molecular weight excluding hydrogens is 430 g/mol. The zero-order valence-corrected chi connectivity index (χ0v) is 18.5. The molecule has 0 radical (unpaired) electrons. The standard InChI is InChI=1S/C23H20ClN5OS/c1-14-2-5-17(10-19(14)24)29-22(16-3-4-16)18(11-27-29)23(30)26-12-21-28-20(13-31-21)15-6-8-25-9-7-15/h2,5-11,13,16H,3-4,12H2,1H3,(H,26,30). The van der Waals surface area contributed by atoms with Gasteiger partial charge in [-0.25, -0.2) is 9.67 Å². The number of aromatic nitrogens is 4. The van der Waals surface area contributed by atoms with Gasteiger partial charge in [-0.2, -0.15) is 5.10 Å². The minimum Gasteiger partial charge on any atom is -0.345 e. The number of amides is 1. The Hall–Kier alpha value is -3.03. The summed E-state index contributed by atoms with van der Waals surface area (Å²) >= 11 is 7.84. The van der Waals surface area contributed by atoms with Crippen LogP contribution in [-0.4, -0.2) is 25.7 Å². The molecule has 5 rings (SSSR count). The van der Waals surface area contributed by atoms with E-state index in [2.05, 4.69) is 20.4 Å². The summed E-state index contributed by atoms with van der Waals surface area (Å²) < 4.78 is 1.85. The maximum absolute atomic E-state index is 13.0. The zero-order valence-electron chi connectivity index (χ0n) is 16.9. The monoisotopic (exact) mass is 449 g/mol. The summed E-state index contributed by atoms with van der Waals surface area (Å²) in [5.41, 5.74) is 5.35. The first kappa shape index (κ1) is 19.9. The minimum absolute atomic E-state index is 0.132. The highest BCUT2D eigenvalue weighted by Crippen LogP contribution is 2.42. The molecule has 1 aliphatic rings. The van der Waals surface area contributed by atoms with Gasteiger partial charge in [-0.15, -0.1) is 11.3 Å². The predicted molar refractivity (Wildman–Crippen MR) is 122 cm³/mol. The molecule has 4 aromatic rings. The van der Waals surface area contributed by atoms with E-state index < -0.39 is 0 Å². The summed E-state index contributed by atoms with van der Waals surface area (Å²) in [7, 11) is 0. The molecule has 0 saturated heterocycles. The number of benzene rings is 1. The van der Waals surface area contributed by atoms with Crippen LogP contribution in [0.15, 0.2) is 54.3 Å². The molecule has 156 valence electrons. The minimum atomic E-state index is -0.132. The number of carbonyl (C=O) groups excluding carboxylic acids is 1. The van der Waals surface area contributed by atoms with E-state index >= 15 is 0 Å². The number of rotatable bonds is 6.